The minimum Gasteiger partial charge on any atom is -0.341 e. The maximum absolute atomic E-state index is 12.5. The van der Waals surface area contributed by atoms with E-state index in [0.717, 1.165) is 37.5 Å². The Hall–Kier alpha value is -2.57. The predicted molar refractivity (Wildman–Crippen MR) is 125 cm³/mol. The highest BCUT2D eigenvalue weighted by molar-refractivity contribution is 8.02. The van der Waals surface area contributed by atoms with E-state index in [1.165, 1.54) is 5.56 Å². The summed E-state index contributed by atoms with van der Waals surface area (Å²) in [6, 6.07) is 19.7. The second-order valence-electron chi connectivity index (χ2n) is 7.26. The van der Waals surface area contributed by atoms with E-state index in [2.05, 4.69) is 33.8 Å². The molecule has 1 aliphatic heterocycles. The molecule has 6 heteroatoms. The van der Waals surface area contributed by atoms with Crippen molar-refractivity contribution < 1.29 is 9.59 Å². The highest BCUT2D eigenvalue weighted by atomic mass is 32.2. The number of nitrogens with one attached hydrogen (secondary N) is 1. The molecule has 30 heavy (non-hydrogen) atoms. The molecule has 1 heterocycles. The van der Waals surface area contributed by atoms with Gasteiger partial charge in [-0.15, -0.1) is 11.8 Å². The van der Waals surface area contributed by atoms with Gasteiger partial charge in [-0.25, -0.2) is 0 Å². The molecule has 0 aromatic heterocycles. The fourth-order valence-electron chi connectivity index (χ4n) is 3.37. The summed E-state index contributed by atoms with van der Waals surface area (Å²) in [6.45, 7) is 3.37. The number of nitrogens with zero attached hydrogens (tertiary/aromatic N) is 2. The van der Waals surface area contributed by atoms with Crippen molar-refractivity contribution >= 4 is 35.3 Å². The van der Waals surface area contributed by atoms with E-state index < -0.39 is 0 Å². The van der Waals surface area contributed by atoms with Gasteiger partial charge in [0.05, 0.1) is 6.54 Å². The molecule has 5 nitrogen and oxygen atoms in total. The summed E-state index contributed by atoms with van der Waals surface area (Å²) in [5, 5.41) is 4.98. The quantitative estimate of drug-likeness (QED) is 0.653. The van der Waals surface area contributed by atoms with Crippen LogP contribution in [0.3, 0.4) is 0 Å². The van der Waals surface area contributed by atoms with Crippen LogP contribution in [0, 0.1) is 0 Å². The number of carbonyl (C=O) groups excluding carboxylic acids is 2. The molecule has 0 bridgehead atoms. The van der Waals surface area contributed by atoms with Gasteiger partial charge in [-0.2, -0.15) is 0 Å². The molecule has 158 valence electrons. The topological polar surface area (TPSA) is 52.7 Å². The average molecular weight is 424 g/mol. The molecule has 0 spiro atoms. The van der Waals surface area contributed by atoms with E-state index in [1.54, 1.807) is 11.8 Å². The van der Waals surface area contributed by atoms with Crippen molar-refractivity contribution in [2.75, 3.05) is 43.8 Å². The molecule has 2 aromatic rings. The predicted octanol–water partition coefficient (Wildman–Crippen LogP) is 3.95. The molecule has 0 atom stereocenters. The molecule has 0 unspecified atom stereocenters. The van der Waals surface area contributed by atoms with Crippen molar-refractivity contribution in [3.8, 4) is 0 Å². The Morgan fingerprint density at radius 3 is 2.43 bits per heavy atom. The van der Waals surface area contributed by atoms with Crippen LogP contribution >= 0.6 is 11.8 Å². The molecule has 0 radical (unpaired) electrons. The summed E-state index contributed by atoms with van der Waals surface area (Å²) in [7, 11) is 0. The SMILES string of the molecule is O=C(CN1CCCN(C(=O)CCS/C=C\c2ccccc2)CC1)Nc1ccccc1. The van der Waals surface area contributed by atoms with Crippen molar-refractivity contribution in [2.24, 2.45) is 0 Å². The second-order valence-corrected chi connectivity index (χ2v) is 8.27. The molecule has 1 N–H and O–H groups in total. The number of benzene rings is 2. The van der Waals surface area contributed by atoms with Gasteiger partial charge in [-0.3, -0.25) is 14.5 Å². The lowest BCUT2D eigenvalue weighted by Crippen LogP contribution is -2.38. The highest BCUT2D eigenvalue weighted by Gasteiger charge is 2.20. The molecular formula is C24H29N3O2S. The Bertz CT molecular complexity index is 827. The first-order chi connectivity index (χ1) is 14.7. The van der Waals surface area contributed by atoms with E-state index >= 15 is 0 Å². The Balaban J connectivity index is 1.35. The summed E-state index contributed by atoms with van der Waals surface area (Å²) in [5.41, 5.74) is 1.98. The van der Waals surface area contributed by atoms with Gasteiger partial charge >= 0.3 is 0 Å². The maximum atomic E-state index is 12.5. The number of thioether (sulfide) groups is 1. The lowest BCUT2D eigenvalue weighted by Gasteiger charge is -2.21. The van der Waals surface area contributed by atoms with Crippen molar-refractivity contribution in [1.29, 1.82) is 0 Å². The number of hydrogen-bond acceptors (Lipinski definition) is 4. The molecule has 1 saturated heterocycles. The third kappa shape index (κ3) is 7.69. The van der Waals surface area contributed by atoms with E-state index in [9.17, 15) is 9.59 Å². The van der Waals surface area contributed by atoms with Crippen LogP contribution in [-0.4, -0.2) is 60.1 Å². The van der Waals surface area contributed by atoms with Crippen LogP contribution in [0.4, 0.5) is 5.69 Å². The summed E-state index contributed by atoms with van der Waals surface area (Å²) in [5.74, 6) is 0.968. The van der Waals surface area contributed by atoms with E-state index in [0.29, 0.717) is 19.5 Å². The number of para-hydroxylation sites is 1. The van der Waals surface area contributed by atoms with Crippen molar-refractivity contribution in [2.45, 2.75) is 12.8 Å². The summed E-state index contributed by atoms with van der Waals surface area (Å²) in [4.78, 5) is 28.9. The Morgan fingerprint density at radius 2 is 1.67 bits per heavy atom. The Kier molecular flexibility index (Phi) is 9.00. The zero-order valence-corrected chi connectivity index (χ0v) is 18.0. The first-order valence-electron chi connectivity index (χ1n) is 10.4. The van der Waals surface area contributed by atoms with Crippen LogP contribution in [0.1, 0.15) is 18.4 Å². The van der Waals surface area contributed by atoms with Crippen LogP contribution in [0.25, 0.3) is 6.08 Å². The van der Waals surface area contributed by atoms with Gasteiger partial charge in [0, 0.05) is 44.0 Å². The van der Waals surface area contributed by atoms with Crippen molar-refractivity contribution in [1.82, 2.24) is 9.80 Å². The lowest BCUT2D eigenvalue weighted by molar-refractivity contribution is -0.130. The van der Waals surface area contributed by atoms with Crippen molar-refractivity contribution in [3.05, 3.63) is 71.6 Å². The van der Waals surface area contributed by atoms with Gasteiger partial charge < -0.3 is 10.2 Å². The van der Waals surface area contributed by atoms with Gasteiger partial charge in [0.15, 0.2) is 0 Å². The Morgan fingerprint density at radius 1 is 0.933 bits per heavy atom. The summed E-state index contributed by atoms with van der Waals surface area (Å²) in [6.07, 6.45) is 3.50. The van der Waals surface area contributed by atoms with Crippen LogP contribution in [0.15, 0.2) is 66.1 Å². The lowest BCUT2D eigenvalue weighted by atomic mass is 10.2. The van der Waals surface area contributed by atoms with E-state index in [4.69, 9.17) is 0 Å². The molecule has 0 aliphatic carbocycles. The van der Waals surface area contributed by atoms with Crippen LogP contribution in [-0.2, 0) is 9.59 Å². The smallest absolute Gasteiger partial charge is 0.238 e. The highest BCUT2D eigenvalue weighted by Crippen LogP contribution is 2.12. The number of rotatable bonds is 8. The number of hydrogen-bond donors (Lipinski definition) is 1. The molecule has 0 saturated carbocycles. The standard InChI is InChI=1S/C24H29N3O2S/c28-23(25-22-10-5-2-6-11-22)20-26-14-7-15-27(17-16-26)24(29)13-19-30-18-12-21-8-3-1-4-9-21/h1-6,8-12,18H,7,13-17,19-20H2,(H,25,28)/b18-12-. The molecule has 3 rings (SSSR count). The number of anilines is 1. The molecule has 2 amide bonds. The second kappa shape index (κ2) is 12.2. The number of amides is 2. The normalized spacial score (nSPS) is 15.1. The van der Waals surface area contributed by atoms with Crippen molar-refractivity contribution in [3.63, 3.8) is 0 Å². The zero-order chi connectivity index (χ0) is 21.0. The molecule has 2 aromatic carbocycles. The van der Waals surface area contributed by atoms with Gasteiger partial charge in [0.2, 0.25) is 11.8 Å². The molecular weight excluding hydrogens is 394 g/mol. The molecule has 1 fully saturated rings. The minimum atomic E-state index is -0.0115. The minimum absolute atomic E-state index is 0.0115. The van der Waals surface area contributed by atoms with Crippen LogP contribution in [0.5, 0.6) is 0 Å². The first-order valence-corrected chi connectivity index (χ1v) is 11.4. The third-order valence-corrected chi connectivity index (χ3v) is 5.72. The summed E-state index contributed by atoms with van der Waals surface area (Å²) >= 11 is 1.66. The fraction of sp³-hybridized carbons (Fsp3) is 0.333. The van der Waals surface area contributed by atoms with Gasteiger partial charge in [-0.1, -0.05) is 48.5 Å². The van der Waals surface area contributed by atoms with Crippen LogP contribution in [0.2, 0.25) is 0 Å². The summed E-state index contributed by atoms with van der Waals surface area (Å²) < 4.78 is 0. The van der Waals surface area contributed by atoms with E-state index in [1.807, 2.05) is 53.4 Å². The average Bonchev–Trinajstić information content (AvgIpc) is 3.00. The number of carbonyl (C=O) groups is 2. The zero-order valence-electron chi connectivity index (χ0n) is 17.2. The van der Waals surface area contributed by atoms with E-state index in [-0.39, 0.29) is 11.8 Å². The van der Waals surface area contributed by atoms with Crippen LogP contribution < -0.4 is 5.32 Å². The Labute approximate surface area is 183 Å². The van der Waals surface area contributed by atoms with Gasteiger partial charge in [-0.05, 0) is 35.6 Å². The first kappa shape index (κ1) is 22.1. The maximum Gasteiger partial charge on any atom is 0.238 e. The van der Waals surface area contributed by atoms with Gasteiger partial charge in [0.1, 0.15) is 0 Å². The third-order valence-electron chi connectivity index (χ3n) is 4.96. The fourth-order valence-corrected chi connectivity index (χ4v) is 4.05. The largest absolute Gasteiger partial charge is 0.341 e. The molecule has 1 aliphatic rings. The van der Waals surface area contributed by atoms with Gasteiger partial charge in [0.25, 0.3) is 0 Å². The monoisotopic (exact) mass is 423 g/mol.